The zero-order valence-electron chi connectivity index (χ0n) is 11.7. The average molecular weight is 295 g/mol. The van der Waals surface area contributed by atoms with E-state index in [1.807, 2.05) is 0 Å². The van der Waals surface area contributed by atoms with E-state index in [1.165, 1.54) is 12.1 Å². The molecular formula is C14H17NO6. The fraction of sp³-hybridized carbons (Fsp3) is 0.500. The van der Waals surface area contributed by atoms with Crippen LogP contribution in [0.5, 0.6) is 5.75 Å². The number of rotatable bonds is 5. The number of nitro benzene ring substituents is 1. The molecule has 1 aliphatic rings. The molecule has 0 saturated heterocycles. The summed E-state index contributed by atoms with van der Waals surface area (Å²) < 4.78 is 11.1. The number of ether oxygens (including phenoxy) is 2. The highest BCUT2D eigenvalue weighted by atomic mass is 16.6. The molecule has 1 aromatic carbocycles. The van der Waals surface area contributed by atoms with Crippen molar-refractivity contribution in [3.8, 4) is 5.75 Å². The van der Waals surface area contributed by atoms with Crippen molar-refractivity contribution in [1.29, 1.82) is 0 Å². The minimum absolute atomic E-state index is 0.0631. The van der Waals surface area contributed by atoms with Crippen LogP contribution in [0.15, 0.2) is 18.2 Å². The van der Waals surface area contributed by atoms with E-state index in [1.54, 1.807) is 7.11 Å². The maximum atomic E-state index is 11.1. The molecule has 1 saturated carbocycles. The number of nitro groups is 1. The monoisotopic (exact) mass is 295 g/mol. The first-order valence-corrected chi connectivity index (χ1v) is 6.72. The van der Waals surface area contributed by atoms with Crippen LogP contribution in [0.2, 0.25) is 0 Å². The van der Waals surface area contributed by atoms with Crippen molar-refractivity contribution in [3.63, 3.8) is 0 Å². The van der Waals surface area contributed by atoms with E-state index < -0.39 is 16.6 Å². The number of benzene rings is 1. The Balaban J connectivity index is 2.15. The number of hydrogen-bond acceptors (Lipinski definition) is 5. The van der Waals surface area contributed by atoms with Crippen molar-refractivity contribution in [3.05, 3.63) is 33.9 Å². The Morgan fingerprint density at radius 1 is 1.38 bits per heavy atom. The molecule has 0 spiro atoms. The second-order valence-corrected chi connectivity index (χ2v) is 5.01. The first-order valence-electron chi connectivity index (χ1n) is 6.72. The number of hydrogen-bond donors (Lipinski definition) is 1. The zero-order valence-corrected chi connectivity index (χ0v) is 11.7. The summed E-state index contributed by atoms with van der Waals surface area (Å²) in [5.74, 6) is -1.01. The lowest BCUT2D eigenvalue weighted by atomic mass is 9.95. The molecule has 114 valence electrons. The summed E-state index contributed by atoms with van der Waals surface area (Å²) in [4.78, 5) is 21.2. The van der Waals surface area contributed by atoms with Gasteiger partial charge in [-0.15, -0.1) is 0 Å². The van der Waals surface area contributed by atoms with Crippen LogP contribution in [0.4, 0.5) is 5.69 Å². The second-order valence-electron chi connectivity index (χ2n) is 5.01. The van der Waals surface area contributed by atoms with E-state index in [4.69, 9.17) is 14.6 Å². The Morgan fingerprint density at radius 2 is 2.10 bits per heavy atom. The molecule has 1 fully saturated rings. The van der Waals surface area contributed by atoms with Crippen molar-refractivity contribution in [1.82, 2.24) is 0 Å². The van der Waals surface area contributed by atoms with Crippen LogP contribution < -0.4 is 4.74 Å². The molecule has 0 radical (unpaired) electrons. The quantitative estimate of drug-likeness (QED) is 0.662. The molecule has 7 nitrogen and oxygen atoms in total. The number of nitrogens with zero attached hydrogens (tertiary/aromatic N) is 1. The molecular weight excluding hydrogens is 278 g/mol. The number of carboxylic acid groups (broad SMARTS) is 1. The van der Waals surface area contributed by atoms with Gasteiger partial charge in [0, 0.05) is 25.7 Å². The number of methoxy groups -OCH3 is 1. The fourth-order valence-electron chi connectivity index (χ4n) is 2.53. The predicted octanol–water partition coefficient (Wildman–Crippen LogP) is 2.63. The third-order valence-corrected chi connectivity index (χ3v) is 3.61. The normalized spacial score (nSPS) is 21.8. The largest absolute Gasteiger partial charge is 0.490 e. The Bertz CT molecular complexity index is 544. The van der Waals surface area contributed by atoms with Gasteiger partial charge >= 0.3 is 5.97 Å². The first-order chi connectivity index (χ1) is 10.0. The molecule has 21 heavy (non-hydrogen) atoms. The summed E-state index contributed by atoms with van der Waals surface area (Å²) in [6, 6.07) is 3.80. The molecule has 0 bridgehead atoms. The summed E-state index contributed by atoms with van der Waals surface area (Å²) >= 11 is 0. The van der Waals surface area contributed by atoms with Crippen LogP contribution in [-0.4, -0.2) is 35.3 Å². The average Bonchev–Trinajstić information content (AvgIpc) is 2.47. The summed E-state index contributed by atoms with van der Waals surface area (Å²) in [6.45, 7) is 0. The Morgan fingerprint density at radius 3 is 2.71 bits per heavy atom. The van der Waals surface area contributed by atoms with Gasteiger partial charge in [0.1, 0.15) is 17.4 Å². The van der Waals surface area contributed by atoms with Crippen LogP contribution in [0.25, 0.3) is 0 Å². The molecule has 0 heterocycles. The summed E-state index contributed by atoms with van der Waals surface area (Å²) in [5, 5.41) is 19.8. The van der Waals surface area contributed by atoms with Crippen LogP contribution in [0.3, 0.4) is 0 Å². The summed E-state index contributed by atoms with van der Waals surface area (Å²) in [6.07, 6.45) is 3.63. The standard InChI is InChI=1S/C14H17NO6/c1-20-9-3-2-4-10(7-9)21-11-5-6-13(15(18)19)12(8-11)14(16)17/h5-6,8-10H,2-4,7H2,1H3,(H,16,17). The number of carbonyl (C=O) groups is 1. The van der Waals surface area contributed by atoms with Crippen molar-refractivity contribution in [2.45, 2.75) is 37.9 Å². The Kier molecular flexibility index (Phi) is 4.74. The van der Waals surface area contributed by atoms with Gasteiger partial charge in [0.15, 0.2) is 0 Å². The summed E-state index contributed by atoms with van der Waals surface area (Å²) in [7, 11) is 1.65. The molecule has 0 amide bonds. The first kappa shape index (κ1) is 15.2. The van der Waals surface area contributed by atoms with Crippen molar-refractivity contribution >= 4 is 11.7 Å². The molecule has 1 aromatic rings. The SMILES string of the molecule is COC1CCCC(Oc2ccc([N+](=O)[O-])c(C(=O)O)c2)C1. The van der Waals surface area contributed by atoms with Gasteiger partial charge < -0.3 is 14.6 Å². The smallest absolute Gasteiger partial charge is 0.342 e. The minimum atomic E-state index is -1.34. The molecule has 2 rings (SSSR count). The molecule has 0 aromatic heterocycles. The fourth-order valence-corrected chi connectivity index (χ4v) is 2.53. The van der Waals surface area contributed by atoms with Gasteiger partial charge in [0.2, 0.25) is 0 Å². The van der Waals surface area contributed by atoms with Crippen LogP contribution in [0.1, 0.15) is 36.0 Å². The molecule has 1 N–H and O–H groups in total. The molecule has 1 aliphatic carbocycles. The van der Waals surface area contributed by atoms with Gasteiger partial charge in [-0.3, -0.25) is 10.1 Å². The minimum Gasteiger partial charge on any atom is -0.490 e. The van der Waals surface area contributed by atoms with Gasteiger partial charge in [0.25, 0.3) is 5.69 Å². The molecule has 2 atom stereocenters. The second kappa shape index (κ2) is 6.53. The van der Waals surface area contributed by atoms with E-state index in [0.717, 1.165) is 31.7 Å². The van der Waals surface area contributed by atoms with Crippen LogP contribution in [0, 0.1) is 10.1 Å². The Labute approximate surface area is 121 Å². The van der Waals surface area contributed by atoms with Crippen molar-refractivity contribution in [2.75, 3.05) is 7.11 Å². The van der Waals surface area contributed by atoms with Crippen molar-refractivity contribution < 1.29 is 24.3 Å². The van der Waals surface area contributed by atoms with E-state index in [2.05, 4.69) is 0 Å². The van der Waals surface area contributed by atoms with Gasteiger partial charge in [-0.25, -0.2) is 4.79 Å². The molecule has 0 aliphatic heterocycles. The highest BCUT2D eigenvalue weighted by molar-refractivity contribution is 5.92. The van der Waals surface area contributed by atoms with E-state index in [0.29, 0.717) is 5.75 Å². The van der Waals surface area contributed by atoms with E-state index in [9.17, 15) is 14.9 Å². The van der Waals surface area contributed by atoms with Gasteiger partial charge in [-0.05, 0) is 25.3 Å². The lowest BCUT2D eigenvalue weighted by Crippen LogP contribution is -2.29. The lowest BCUT2D eigenvalue weighted by molar-refractivity contribution is -0.385. The summed E-state index contributed by atoms with van der Waals surface area (Å²) in [5.41, 5.74) is -0.801. The topological polar surface area (TPSA) is 98.9 Å². The maximum absolute atomic E-state index is 11.1. The molecule has 7 heteroatoms. The maximum Gasteiger partial charge on any atom is 0.342 e. The van der Waals surface area contributed by atoms with E-state index in [-0.39, 0.29) is 17.8 Å². The third kappa shape index (κ3) is 3.69. The zero-order chi connectivity index (χ0) is 15.4. The van der Waals surface area contributed by atoms with Gasteiger partial charge in [0.05, 0.1) is 11.0 Å². The van der Waals surface area contributed by atoms with Crippen LogP contribution in [-0.2, 0) is 4.74 Å². The van der Waals surface area contributed by atoms with Crippen molar-refractivity contribution in [2.24, 2.45) is 0 Å². The van der Waals surface area contributed by atoms with Gasteiger partial charge in [-0.1, -0.05) is 0 Å². The van der Waals surface area contributed by atoms with Crippen LogP contribution >= 0.6 is 0 Å². The Hall–Kier alpha value is -2.15. The predicted molar refractivity (Wildman–Crippen MR) is 73.7 cm³/mol. The number of aromatic carboxylic acids is 1. The molecule has 2 unspecified atom stereocenters. The number of carboxylic acids is 1. The van der Waals surface area contributed by atoms with E-state index >= 15 is 0 Å². The highest BCUT2D eigenvalue weighted by Crippen LogP contribution is 2.28. The highest BCUT2D eigenvalue weighted by Gasteiger charge is 2.25. The third-order valence-electron chi connectivity index (χ3n) is 3.61. The van der Waals surface area contributed by atoms with Gasteiger partial charge in [-0.2, -0.15) is 0 Å². The lowest BCUT2D eigenvalue weighted by Gasteiger charge is -2.28.